The van der Waals surface area contributed by atoms with Gasteiger partial charge >= 0.3 is 352 Å². The van der Waals surface area contributed by atoms with Gasteiger partial charge in [-0.1, -0.05) is 0 Å². The zero-order valence-corrected chi connectivity index (χ0v) is 43.1. The fourth-order valence-corrected chi connectivity index (χ4v) is 68.8. The molecule has 0 saturated carbocycles. The minimum atomic E-state index is -2.31. The van der Waals surface area contributed by atoms with Gasteiger partial charge in [-0.15, -0.1) is 24.8 Å². The van der Waals surface area contributed by atoms with Gasteiger partial charge < -0.3 is 0 Å². The van der Waals surface area contributed by atoms with E-state index in [1.54, 1.807) is 38.5 Å². The van der Waals surface area contributed by atoms with Crippen molar-refractivity contribution in [3.8, 4) is 0 Å². The summed E-state index contributed by atoms with van der Waals surface area (Å²) in [6.07, 6.45) is 26.4. The molecule has 2 atom stereocenters. The Labute approximate surface area is 372 Å². The van der Waals surface area contributed by atoms with E-state index in [4.69, 9.17) is 0 Å². The Morgan fingerprint density at radius 2 is 0.690 bits per heavy atom. The Balaban J connectivity index is 0.000000171. The monoisotopic (exact) mass is 1160 g/mol. The van der Waals surface area contributed by atoms with Crippen molar-refractivity contribution in [3.63, 3.8) is 0 Å². The third kappa shape index (κ3) is 9.28. The van der Waals surface area contributed by atoms with Gasteiger partial charge in [0.1, 0.15) is 0 Å². The summed E-state index contributed by atoms with van der Waals surface area (Å²) in [4.78, 5) is 0. The second-order valence-electron chi connectivity index (χ2n) is 14.6. The molecule has 0 heterocycles. The standard InChI is InChI=1S/2C12H10Si.2C9H7.2C5H5.2ClH.2Hf/c2*1-3-7-11(8-4-1)13-12-9-5-2-6-10-12;2*1-2-5-9-7-3-6-8(9)4-1;2*1-2-4-5-3-1;;;;/h2*1-10H;2*1-7H;2*1-3H,4H2;2*1H;;. The molecule has 0 amide bonds. The molecule has 58 heavy (non-hydrogen) atoms. The molecule has 4 aliphatic carbocycles. The van der Waals surface area contributed by atoms with Crippen molar-refractivity contribution >= 4 is 68.7 Å². The van der Waals surface area contributed by atoms with E-state index in [-0.39, 0.29) is 24.8 Å². The molecule has 0 spiro atoms. The van der Waals surface area contributed by atoms with E-state index in [2.05, 4.69) is 231 Å². The van der Waals surface area contributed by atoms with E-state index in [0.717, 1.165) is 0 Å². The van der Waals surface area contributed by atoms with Crippen LogP contribution in [0.1, 0.15) is 42.4 Å². The van der Waals surface area contributed by atoms with Gasteiger partial charge in [-0.05, 0) is 0 Å². The van der Waals surface area contributed by atoms with Crippen LogP contribution in [0.3, 0.4) is 0 Å². The predicted molar refractivity (Wildman–Crippen MR) is 250 cm³/mol. The van der Waals surface area contributed by atoms with E-state index in [0.29, 0.717) is 7.35 Å². The molecule has 0 radical (unpaired) electrons. The van der Waals surface area contributed by atoms with Crippen molar-refractivity contribution in [2.24, 2.45) is 0 Å². The molecule has 284 valence electrons. The molecule has 6 aromatic carbocycles. The van der Waals surface area contributed by atoms with Crippen molar-refractivity contribution in [1.82, 2.24) is 0 Å². The van der Waals surface area contributed by atoms with Gasteiger partial charge in [0, 0.05) is 0 Å². The van der Waals surface area contributed by atoms with Crippen molar-refractivity contribution < 1.29 is 40.1 Å². The minimum Gasteiger partial charge on any atom is -0.147 e. The molecular formula is C52H46Cl2Hf2Si2. The van der Waals surface area contributed by atoms with E-state index >= 15 is 0 Å². The smallest absolute Gasteiger partial charge is 0.147 e. The van der Waals surface area contributed by atoms with Crippen molar-refractivity contribution in [2.75, 3.05) is 0 Å². The predicted octanol–water partition coefficient (Wildman–Crippen LogP) is 10.9. The van der Waals surface area contributed by atoms with Gasteiger partial charge in [0.05, 0.1) is 0 Å². The Hall–Kier alpha value is -3.49. The molecule has 6 heteroatoms. The summed E-state index contributed by atoms with van der Waals surface area (Å²) in [7, 11) is 0. The maximum absolute atomic E-state index is 2.54. The maximum atomic E-state index is 2.54. The topological polar surface area (TPSA) is 0 Å². The average Bonchev–Trinajstić information content (AvgIpc) is 4.12. The van der Waals surface area contributed by atoms with Crippen LogP contribution in [0.4, 0.5) is 0 Å². The van der Waals surface area contributed by atoms with Gasteiger partial charge in [-0.2, -0.15) is 0 Å². The second-order valence-corrected chi connectivity index (χ2v) is 53.1. The molecule has 0 fully saturated rings. The SMILES string of the molecule is C1=CC[C]([Hf]([CH]2C=Cc3ccccc32)=[Si](c2ccccc2)c2ccccc2)=C1.C1=CC[C]([Hf]([CH]2C=Cc3ccccc32)=[Si](c2ccccc2)c2ccccc2)=C1.Cl.Cl. The largest absolute Gasteiger partial charge is 0.147 e. The van der Waals surface area contributed by atoms with Gasteiger partial charge in [-0.25, -0.2) is 0 Å². The molecular weight excluding hydrogens is 1110 g/mol. The number of allylic oxidation sites excluding steroid dienone is 10. The van der Waals surface area contributed by atoms with E-state index in [9.17, 15) is 0 Å². The third-order valence-electron chi connectivity index (χ3n) is 11.2. The second kappa shape index (κ2) is 20.7. The molecule has 6 aromatic rings. The van der Waals surface area contributed by atoms with Crippen LogP contribution >= 0.6 is 24.8 Å². The molecule has 2 unspecified atom stereocenters. The van der Waals surface area contributed by atoms with Gasteiger partial charge in [0.2, 0.25) is 0 Å². The van der Waals surface area contributed by atoms with Crippen LogP contribution in [-0.2, 0) is 40.1 Å². The zero-order chi connectivity index (χ0) is 37.5. The Morgan fingerprint density at radius 1 is 0.379 bits per heavy atom. The van der Waals surface area contributed by atoms with Crippen LogP contribution in [-0.4, -0.2) is 11.0 Å². The molecule has 4 aliphatic rings. The zero-order valence-electron chi connectivity index (χ0n) is 32.3. The van der Waals surface area contributed by atoms with Gasteiger partial charge in [0.25, 0.3) is 0 Å². The number of benzene rings is 6. The van der Waals surface area contributed by atoms with E-state index in [1.165, 1.54) is 24.0 Å². The summed E-state index contributed by atoms with van der Waals surface area (Å²) in [6.45, 7) is 0. The van der Waals surface area contributed by atoms with Crippen LogP contribution in [0, 0.1) is 0 Å². The van der Waals surface area contributed by atoms with Crippen LogP contribution < -0.4 is 20.7 Å². The summed E-state index contributed by atoms with van der Waals surface area (Å²) in [5.74, 6) is 0. The number of hydrogen-bond donors (Lipinski definition) is 0. The fraction of sp³-hybridized carbons (Fsp3) is 0.0769. The van der Waals surface area contributed by atoms with Crippen LogP contribution in [0.15, 0.2) is 225 Å². The summed E-state index contributed by atoms with van der Waals surface area (Å²) < 4.78 is 4.89. The first-order chi connectivity index (χ1) is 27.8. The quantitative estimate of drug-likeness (QED) is 0.133. The van der Waals surface area contributed by atoms with E-state index < -0.39 is 51.1 Å². The first-order valence-electron chi connectivity index (χ1n) is 19.8. The number of fused-ring (bicyclic) bond motifs is 2. The molecule has 0 nitrogen and oxygen atoms in total. The molecule has 0 aromatic heterocycles. The van der Waals surface area contributed by atoms with Crippen molar-refractivity contribution in [1.29, 1.82) is 0 Å². The summed E-state index contributed by atoms with van der Waals surface area (Å²) in [6, 6.07) is 63.7. The number of rotatable bonds is 8. The van der Waals surface area contributed by atoms with Crippen molar-refractivity contribution in [3.05, 3.63) is 247 Å². The van der Waals surface area contributed by atoms with Crippen LogP contribution in [0.25, 0.3) is 12.2 Å². The first kappa shape index (κ1) is 42.6. The Kier molecular flexibility index (Phi) is 15.2. The Morgan fingerprint density at radius 3 is 1.00 bits per heavy atom. The molecule has 0 bridgehead atoms. The molecule has 0 aliphatic heterocycles. The van der Waals surface area contributed by atoms with Crippen molar-refractivity contribution in [2.45, 2.75) is 20.2 Å². The van der Waals surface area contributed by atoms with Gasteiger partial charge in [-0.3, -0.25) is 0 Å². The number of halogens is 2. The normalized spacial score (nSPS) is 16.1. The third-order valence-corrected chi connectivity index (χ3v) is 66.1. The summed E-state index contributed by atoms with van der Waals surface area (Å²) in [5, 5.41) is 6.36. The minimum absolute atomic E-state index is 0. The molecule has 10 rings (SSSR count). The maximum Gasteiger partial charge on any atom is -0.147 e. The molecule has 0 saturated heterocycles. The van der Waals surface area contributed by atoms with E-state index in [1.807, 2.05) is 0 Å². The Bertz CT molecular complexity index is 2360. The van der Waals surface area contributed by atoms with Gasteiger partial charge in [0.15, 0.2) is 0 Å². The molecule has 0 N–H and O–H groups in total. The summed E-state index contributed by atoms with van der Waals surface area (Å²) >= 11 is -4.62. The van der Waals surface area contributed by atoms with Crippen LogP contribution in [0.2, 0.25) is 0 Å². The first-order valence-corrected chi connectivity index (χ1v) is 41.3. The average molecular weight is 1150 g/mol. The van der Waals surface area contributed by atoms with Crippen LogP contribution in [0.5, 0.6) is 0 Å². The number of hydrogen-bond acceptors (Lipinski definition) is 0. The summed E-state index contributed by atoms with van der Waals surface area (Å²) in [5.41, 5.74) is 4.44. The fourth-order valence-electron chi connectivity index (χ4n) is 8.70.